The standard InChI is InChI=1S/C20H14O/c21-13-6-8-16-18-10-9-15-14-4-2-1-3-12(14)5-7-17(15)20(18)19(16)11-13/h1-5,7-10,19H,6,11H2. The quantitative estimate of drug-likeness (QED) is 0.534. The number of ketones is 1. The van der Waals surface area contributed by atoms with E-state index in [9.17, 15) is 4.79 Å². The highest BCUT2D eigenvalue weighted by molar-refractivity contribution is 6.12. The first kappa shape index (κ1) is 11.3. The number of hydrogen-bond donors (Lipinski definition) is 0. The van der Waals surface area contributed by atoms with Crippen LogP contribution in [0.2, 0.25) is 0 Å². The molecule has 2 aliphatic rings. The summed E-state index contributed by atoms with van der Waals surface area (Å²) in [4.78, 5) is 11.8. The van der Waals surface area contributed by atoms with Crippen LogP contribution < -0.4 is 0 Å². The first-order valence-electron chi connectivity index (χ1n) is 7.49. The molecule has 1 atom stereocenters. The van der Waals surface area contributed by atoms with Gasteiger partial charge in [0.15, 0.2) is 0 Å². The Morgan fingerprint density at radius 2 is 1.71 bits per heavy atom. The summed E-state index contributed by atoms with van der Waals surface area (Å²) in [5, 5.41) is 5.21. The third kappa shape index (κ3) is 1.38. The van der Waals surface area contributed by atoms with Crippen molar-refractivity contribution < 1.29 is 4.79 Å². The minimum absolute atomic E-state index is 0.339. The lowest BCUT2D eigenvalue weighted by Crippen LogP contribution is -2.23. The molecule has 0 amide bonds. The maximum Gasteiger partial charge on any atom is 0.137 e. The van der Waals surface area contributed by atoms with E-state index in [4.69, 9.17) is 0 Å². The van der Waals surface area contributed by atoms with Crippen molar-refractivity contribution in [2.75, 3.05) is 0 Å². The highest BCUT2D eigenvalue weighted by Gasteiger charge is 2.37. The fraction of sp³-hybridized carbons (Fsp3) is 0.150. The van der Waals surface area contributed by atoms with Gasteiger partial charge in [-0.15, -0.1) is 0 Å². The molecule has 0 saturated heterocycles. The molecule has 3 aromatic rings. The van der Waals surface area contributed by atoms with Gasteiger partial charge in [-0.2, -0.15) is 0 Å². The molecular formula is C20H14O. The largest absolute Gasteiger partial charge is 0.299 e. The zero-order valence-corrected chi connectivity index (χ0v) is 11.6. The third-order valence-corrected chi connectivity index (χ3v) is 4.98. The Morgan fingerprint density at radius 1 is 0.857 bits per heavy atom. The highest BCUT2D eigenvalue weighted by Crippen LogP contribution is 2.53. The number of allylic oxidation sites excluding steroid dienone is 2. The highest BCUT2D eigenvalue weighted by atomic mass is 16.1. The van der Waals surface area contributed by atoms with Crippen LogP contribution in [0.3, 0.4) is 0 Å². The van der Waals surface area contributed by atoms with Crippen LogP contribution in [0.5, 0.6) is 0 Å². The summed E-state index contributed by atoms with van der Waals surface area (Å²) < 4.78 is 0. The number of benzene rings is 3. The average Bonchev–Trinajstić information content (AvgIpc) is 2.51. The van der Waals surface area contributed by atoms with Crippen molar-refractivity contribution in [3.63, 3.8) is 0 Å². The SMILES string of the molecule is O=C1CC=C2c3ccc4c(ccc5ccccc54)c3C2C1. The van der Waals surface area contributed by atoms with E-state index in [-0.39, 0.29) is 0 Å². The Kier molecular flexibility index (Phi) is 2.05. The van der Waals surface area contributed by atoms with Gasteiger partial charge in [0, 0.05) is 18.8 Å². The van der Waals surface area contributed by atoms with E-state index in [0.717, 1.165) is 0 Å². The minimum atomic E-state index is 0.339. The van der Waals surface area contributed by atoms with Gasteiger partial charge in [0.25, 0.3) is 0 Å². The van der Waals surface area contributed by atoms with Gasteiger partial charge in [-0.05, 0) is 38.2 Å². The molecule has 0 saturated carbocycles. The van der Waals surface area contributed by atoms with Crippen LogP contribution in [-0.2, 0) is 4.79 Å². The minimum Gasteiger partial charge on any atom is -0.299 e. The number of carbonyl (C=O) groups excluding carboxylic acids is 1. The predicted molar refractivity (Wildman–Crippen MR) is 86.4 cm³/mol. The average molecular weight is 270 g/mol. The van der Waals surface area contributed by atoms with Crippen molar-refractivity contribution in [1.82, 2.24) is 0 Å². The number of hydrogen-bond acceptors (Lipinski definition) is 1. The molecule has 0 fully saturated rings. The summed E-state index contributed by atoms with van der Waals surface area (Å²) in [6.07, 6.45) is 3.43. The number of carbonyl (C=O) groups is 1. The molecule has 1 nitrogen and oxygen atoms in total. The molecule has 1 heteroatoms. The molecule has 0 aromatic heterocycles. The Labute approximate surface area is 122 Å². The van der Waals surface area contributed by atoms with Gasteiger partial charge in [0.05, 0.1) is 0 Å². The molecule has 0 radical (unpaired) electrons. The van der Waals surface area contributed by atoms with Crippen LogP contribution >= 0.6 is 0 Å². The van der Waals surface area contributed by atoms with Crippen LogP contribution in [0.25, 0.3) is 27.1 Å². The number of Topliss-reactive ketones (excluding diaryl/α,β-unsaturated/α-hetero) is 1. The lowest BCUT2D eigenvalue weighted by Gasteiger charge is -2.37. The number of rotatable bonds is 0. The molecule has 2 aliphatic carbocycles. The predicted octanol–water partition coefficient (Wildman–Crippen LogP) is 4.84. The maximum atomic E-state index is 11.8. The Morgan fingerprint density at radius 3 is 2.67 bits per heavy atom. The maximum absolute atomic E-state index is 11.8. The lowest BCUT2D eigenvalue weighted by atomic mass is 9.66. The molecule has 0 bridgehead atoms. The fourth-order valence-corrected chi connectivity index (χ4v) is 4.00. The Bertz CT molecular complexity index is 962. The van der Waals surface area contributed by atoms with E-state index >= 15 is 0 Å². The molecular weight excluding hydrogens is 256 g/mol. The summed E-state index contributed by atoms with van der Waals surface area (Å²) in [6, 6.07) is 17.4. The first-order chi connectivity index (χ1) is 10.3. The fourth-order valence-electron chi connectivity index (χ4n) is 4.00. The van der Waals surface area contributed by atoms with E-state index in [1.54, 1.807) is 0 Å². The van der Waals surface area contributed by atoms with Crippen molar-refractivity contribution in [3.8, 4) is 0 Å². The summed E-state index contributed by atoms with van der Waals surface area (Å²) in [5.41, 5.74) is 4.13. The molecule has 3 aromatic carbocycles. The van der Waals surface area contributed by atoms with E-state index in [2.05, 4.69) is 54.6 Å². The zero-order valence-electron chi connectivity index (χ0n) is 11.6. The summed E-state index contributed by atoms with van der Waals surface area (Å²) in [7, 11) is 0. The van der Waals surface area contributed by atoms with E-state index in [1.165, 1.54) is 38.2 Å². The normalized spacial score (nSPS) is 19.9. The van der Waals surface area contributed by atoms with Crippen LogP contribution in [-0.4, -0.2) is 5.78 Å². The summed E-state index contributed by atoms with van der Waals surface area (Å²) in [5.74, 6) is 0.707. The summed E-state index contributed by atoms with van der Waals surface area (Å²) >= 11 is 0. The zero-order chi connectivity index (χ0) is 14.0. The Hall–Kier alpha value is -2.41. The van der Waals surface area contributed by atoms with E-state index in [1.807, 2.05) is 0 Å². The van der Waals surface area contributed by atoms with Crippen molar-refractivity contribution in [1.29, 1.82) is 0 Å². The van der Waals surface area contributed by atoms with Crippen LogP contribution in [0.4, 0.5) is 0 Å². The third-order valence-electron chi connectivity index (χ3n) is 4.98. The molecule has 21 heavy (non-hydrogen) atoms. The second-order valence-electron chi connectivity index (χ2n) is 6.07. The van der Waals surface area contributed by atoms with E-state index < -0.39 is 0 Å². The second kappa shape index (κ2) is 3.82. The van der Waals surface area contributed by atoms with Crippen molar-refractivity contribution >= 4 is 32.9 Å². The van der Waals surface area contributed by atoms with Crippen molar-refractivity contribution in [3.05, 3.63) is 65.7 Å². The van der Waals surface area contributed by atoms with Crippen LogP contribution in [0.15, 0.2) is 54.6 Å². The molecule has 1 unspecified atom stereocenters. The van der Waals surface area contributed by atoms with Gasteiger partial charge < -0.3 is 0 Å². The topological polar surface area (TPSA) is 17.1 Å². The van der Waals surface area contributed by atoms with E-state index in [0.29, 0.717) is 24.5 Å². The molecule has 100 valence electrons. The van der Waals surface area contributed by atoms with Crippen LogP contribution in [0, 0.1) is 0 Å². The van der Waals surface area contributed by atoms with Gasteiger partial charge in [-0.1, -0.05) is 54.6 Å². The van der Waals surface area contributed by atoms with Crippen molar-refractivity contribution in [2.45, 2.75) is 18.8 Å². The lowest BCUT2D eigenvalue weighted by molar-refractivity contribution is -0.118. The molecule has 0 spiro atoms. The monoisotopic (exact) mass is 270 g/mol. The van der Waals surface area contributed by atoms with Crippen LogP contribution in [0.1, 0.15) is 29.9 Å². The first-order valence-corrected chi connectivity index (χ1v) is 7.49. The molecule has 0 N–H and O–H groups in total. The van der Waals surface area contributed by atoms with Gasteiger partial charge in [0.2, 0.25) is 0 Å². The molecule has 0 aliphatic heterocycles. The summed E-state index contributed by atoms with van der Waals surface area (Å²) in [6.45, 7) is 0. The molecule has 0 heterocycles. The van der Waals surface area contributed by atoms with Gasteiger partial charge in [-0.25, -0.2) is 0 Å². The van der Waals surface area contributed by atoms with Gasteiger partial charge in [-0.3, -0.25) is 4.79 Å². The Balaban J connectivity index is 1.87. The van der Waals surface area contributed by atoms with Gasteiger partial charge >= 0.3 is 0 Å². The smallest absolute Gasteiger partial charge is 0.137 e. The van der Waals surface area contributed by atoms with Crippen molar-refractivity contribution in [2.24, 2.45) is 0 Å². The second-order valence-corrected chi connectivity index (χ2v) is 6.07. The van der Waals surface area contributed by atoms with Gasteiger partial charge in [0.1, 0.15) is 5.78 Å². The number of fused-ring (bicyclic) bond motifs is 8. The molecule has 5 rings (SSSR count).